The molecule has 3 aromatic carbocycles. The van der Waals surface area contributed by atoms with Gasteiger partial charge in [0.15, 0.2) is 0 Å². The van der Waals surface area contributed by atoms with E-state index < -0.39 is 11.7 Å². The molecule has 0 unspecified atom stereocenters. The van der Waals surface area contributed by atoms with Gasteiger partial charge in [0.1, 0.15) is 0 Å². The van der Waals surface area contributed by atoms with Crippen LogP contribution in [0, 0.1) is 11.3 Å². The molecular formula is C20H12F3N. The number of fused-ring (bicyclic) bond motifs is 1. The van der Waals surface area contributed by atoms with Gasteiger partial charge in [-0.1, -0.05) is 54.6 Å². The van der Waals surface area contributed by atoms with Gasteiger partial charge < -0.3 is 0 Å². The normalized spacial score (nSPS) is 12.2. The number of hydrogen-bond acceptors (Lipinski definition) is 1. The van der Waals surface area contributed by atoms with Gasteiger partial charge in [-0.15, -0.1) is 0 Å². The first-order chi connectivity index (χ1) is 11.5. The van der Waals surface area contributed by atoms with Crippen molar-refractivity contribution in [2.75, 3.05) is 0 Å². The largest absolute Gasteiger partial charge is 0.416 e. The molecule has 0 spiro atoms. The zero-order valence-corrected chi connectivity index (χ0v) is 12.5. The second-order valence-electron chi connectivity index (χ2n) is 5.32. The van der Waals surface area contributed by atoms with E-state index in [-0.39, 0.29) is 0 Å². The van der Waals surface area contributed by atoms with Crippen molar-refractivity contribution in [3.63, 3.8) is 0 Å². The Morgan fingerprint density at radius 3 is 2.21 bits per heavy atom. The number of allylic oxidation sites excluding steroid dienone is 1. The molecular weight excluding hydrogens is 311 g/mol. The van der Waals surface area contributed by atoms with Gasteiger partial charge in [-0.25, -0.2) is 0 Å². The highest BCUT2D eigenvalue weighted by atomic mass is 19.4. The third-order valence-electron chi connectivity index (χ3n) is 3.75. The van der Waals surface area contributed by atoms with Gasteiger partial charge in [0.2, 0.25) is 0 Å². The highest BCUT2D eigenvalue weighted by molar-refractivity contribution is 6.01. The molecule has 1 nitrogen and oxygen atoms in total. The Hall–Kier alpha value is -3.06. The molecule has 0 N–H and O–H groups in total. The van der Waals surface area contributed by atoms with Crippen LogP contribution in [-0.2, 0) is 6.18 Å². The molecule has 0 atom stereocenters. The maximum absolute atomic E-state index is 12.6. The Morgan fingerprint density at radius 2 is 1.54 bits per heavy atom. The van der Waals surface area contributed by atoms with E-state index in [2.05, 4.69) is 6.07 Å². The fourth-order valence-corrected chi connectivity index (χ4v) is 2.57. The summed E-state index contributed by atoms with van der Waals surface area (Å²) in [7, 11) is 0. The summed E-state index contributed by atoms with van der Waals surface area (Å²) in [5.74, 6) is 0. The number of alkyl halides is 3. The van der Waals surface area contributed by atoms with E-state index in [1.165, 1.54) is 12.1 Å². The maximum Gasteiger partial charge on any atom is 0.416 e. The molecule has 3 rings (SSSR count). The molecule has 0 bridgehead atoms. The summed E-state index contributed by atoms with van der Waals surface area (Å²) in [5, 5.41) is 11.4. The van der Waals surface area contributed by atoms with Crippen LogP contribution in [-0.4, -0.2) is 0 Å². The third kappa shape index (κ3) is 3.16. The summed E-state index contributed by atoms with van der Waals surface area (Å²) >= 11 is 0. The van der Waals surface area contributed by atoms with Crippen molar-refractivity contribution in [1.82, 2.24) is 0 Å². The van der Waals surface area contributed by atoms with Crippen molar-refractivity contribution >= 4 is 22.4 Å². The molecule has 0 heterocycles. The molecule has 0 aliphatic rings. The molecule has 0 aliphatic carbocycles. The van der Waals surface area contributed by atoms with Crippen molar-refractivity contribution in [3.8, 4) is 6.07 Å². The van der Waals surface area contributed by atoms with Gasteiger partial charge in [-0.3, -0.25) is 0 Å². The lowest BCUT2D eigenvalue weighted by Crippen LogP contribution is -2.03. The van der Waals surface area contributed by atoms with Crippen LogP contribution in [0.25, 0.3) is 22.4 Å². The lowest BCUT2D eigenvalue weighted by atomic mass is 9.97. The van der Waals surface area contributed by atoms with Crippen molar-refractivity contribution in [1.29, 1.82) is 5.26 Å². The minimum Gasteiger partial charge on any atom is -0.192 e. The molecule has 4 heteroatoms. The van der Waals surface area contributed by atoms with E-state index in [9.17, 15) is 18.4 Å². The molecule has 0 fully saturated rings. The van der Waals surface area contributed by atoms with E-state index in [1.54, 1.807) is 6.08 Å². The highest BCUT2D eigenvalue weighted by Gasteiger charge is 2.29. The van der Waals surface area contributed by atoms with E-state index in [0.717, 1.165) is 28.5 Å². The first-order valence-electron chi connectivity index (χ1n) is 7.26. The monoisotopic (exact) mass is 323 g/mol. The number of nitriles is 1. The van der Waals surface area contributed by atoms with Crippen LogP contribution in [0.4, 0.5) is 13.2 Å². The summed E-state index contributed by atoms with van der Waals surface area (Å²) < 4.78 is 37.9. The summed E-state index contributed by atoms with van der Waals surface area (Å²) in [5.41, 5.74) is 1.01. The molecule has 0 amide bonds. The number of nitrogens with zero attached hydrogens (tertiary/aromatic N) is 1. The number of halogens is 3. The first kappa shape index (κ1) is 15.8. The predicted octanol–water partition coefficient (Wildman–Crippen LogP) is 5.92. The second-order valence-corrected chi connectivity index (χ2v) is 5.32. The molecule has 0 aliphatic heterocycles. The lowest BCUT2D eigenvalue weighted by Gasteiger charge is -2.07. The summed E-state index contributed by atoms with van der Waals surface area (Å²) in [6.45, 7) is 0. The quantitative estimate of drug-likeness (QED) is 0.424. The standard InChI is InChI=1S/C20H12F3N/c21-20(22,23)17-10-8-14(9-11-17)12-16(13-24)19-7-3-5-15-4-1-2-6-18(15)19/h1-12H/b16-12+. The molecule has 0 aromatic heterocycles. The maximum atomic E-state index is 12.6. The van der Waals surface area contributed by atoms with Crippen LogP contribution in [0.5, 0.6) is 0 Å². The van der Waals surface area contributed by atoms with Crippen LogP contribution in [0.2, 0.25) is 0 Å². The molecule has 118 valence electrons. The zero-order valence-electron chi connectivity index (χ0n) is 12.5. The Morgan fingerprint density at radius 1 is 0.875 bits per heavy atom. The molecule has 0 saturated heterocycles. The topological polar surface area (TPSA) is 23.8 Å². The average Bonchev–Trinajstić information content (AvgIpc) is 2.59. The average molecular weight is 323 g/mol. The predicted molar refractivity (Wildman–Crippen MR) is 88.9 cm³/mol. The van der Waals surface area contributed by atoms with Gasteiger partial charge in [-0.05, 0) is 34.5 Å². The van der Waals surface area contributed by atoms with E-state index in [0.29, 0.717) is 11.1 Å². The summed E-state index contributed by atoms with van der Waals surface area (Å²) in [4.78, 5) is 0. The lowest BCUT2D eigenvalue weighted by molar-refractivity contribution is -0.137. The number of benzene rings is 3. The zero-order chi connectivity index (χ0) is 17.2. The van der Waals surface area contributed by atoms with E-state index in [4.69, 9.17) is 0 Å². The smallest absolute Gasteiger partial charge is 0.192 e. The van der Waals surface area contributed by atoms with Crippen molar-refractivity contribution in [3.05, 3.63) is 83.4 Å². The molecule has 3 aromatic rings. The molecule has 0 radical (unpaired) electrons. The SMILES string of the molecule is N#C/C(=C\c1ccc(C(F)(F)F)cc1)c1cccc2ccccc12. The number of hydrogen-bond donors (Lipinski definition) is 0. The van der Waals surface area contributed by atoms with Crippen molar-refractivity contribution in [2.24, 2.45) is 0 Å². The second kappa shape index (κ2) is 6.21. The van der Waals surface area contributed by atoms with Gasteiger partial charge in [0.05, 0.1) is 17.2 Å². The third-order valence-corrected chi connectivity index (χ3v) is 3.75. The minimum absolute atomic E-state index is 0.409. The fourth-order valence-electron chi connectivity index (χ4n) is 2.57. The van der Waals surface area contributed by atoms with Crippen LogP contribution in [0.15, 0.2) is 66.7 Å². The van der Waals surface area contributed by atoms with Crippen LogP contribution in [0.1, 0.15) is 16.7 Å². The highest BCUT2D eigenvalue weighted by Crippen LogP contribution is 2.30. The first-order valence-corrected chi connectivity index (χ1v) is 7.26. The van der Waals surface area contributed by atoms with Crippen LogP contribution in [0.3, 0.4) is 0 Å². The Balaban J connectivity index is 2.05. The van der Waals surface area contributed by atoms with Gasteiger partial charge >= 0.3 is 6.18 Å². The Kier molecular flexibility index (Phi) is 4.09. The van der Waals surface area contributed by atoms with Crippen LogP contribution < -0.4 is 0 Å². The van der Waals surface area contributed by atoms with Crippen molar-refractivity contribution in [2.45, 2.75) is 6.18 Å². The Labute approximate surface area is 137 Å². The van der Waals surface area contributed by atoms with E-state index >= 15 is 0 Å². The molecule has 24 heavy (non-hydrogen) atoms. The van der Waals surface area contributed by atoms with Gasteiger partial charge in [-0.2, -0.15) is 18.4 Å². The number of rotatable bonds is 2. The van der Waals surface area contributed by atoms with Gasteiger partial charge in [0.25, 0.3) is 0 Å². The van der Waals surface area contributed by atoms with E-state index in [1.807, 2.05) is 42.5 Å². The molecule has 0 saturated carbocycles. The van der Waals surface area contributed by atoms with Gasteiger partial charge in [0, 0.05) is 5.56 Å². The van der Waals surface area contributed by atoms with Crippen molar-refractivity contribution < 1.29 is 13.2 Å². The fraction of sp³-hybridized carbons (Fsp3) is 0.0500. The van der Waals surface area contributed by atoms with Crippen LogP contribution >= 0.6 is 0 Å². The summed E-state index contributed by atoms with van der Waals surface area (Å²) in [6, 6.07) is 20.2. The Bertz CT molecular complexity index is 940. The summed E-state index contributed by atoms with van der Waals surface area (Å²) in [6.07, 6.45) is -2.77. The minimum atomic E-state index is -4.37.